The fraction of sp³-hybridized carbons (Fsp3) is 0.0800. The molecule has 5 rings (SSSR count). The van der Waals surface area contributed by atoms with E-state index in [4.69, 9.17) is 0 Å². The third-order valence-electron chi connectivity index (χ3n) is 5.45. The lowest BCUT2D eigenvalue weighted by atomic mass is 10.1. The minimum absolute atomic E-state index is 0.00574. The molecule has 1 aliphatic heterocycles. The molecule has 0 spiro atoms. The standard InChI is InChI=1S/C25H18F2N4O3S2/c26-17-11-9-16(10-12-17)14-31-21-8-4-1-5-18(21)24-22(36(31,33)34)13-28-25(30-24)35-15-23(32)29-20-7-3-2-6-19(20)27/h1-13H,14-15H2,(H,29,32). The summed E-state index contributed by atoms with van der Waals surface area (Å²) in [5, 5.41) is 2.69. The van der Waals surface area contributed by atoms with Crippen LogP contribution in [0.3, 0.4) is 0 Å². The summed E-state index contributed by atoms with van der Waals surface area (Å²) in [5.41, 5.74) is 1.93. The Balaban J connectivity index is 1.41. The second kappa shape index (κ2) is 9.67. The van der Waals surface area contributed by atoms with Gasteiger partial charge in [-0.25, -0.2) is 27.2 Å². The summed E-state index contributed by atoms with van der Waals surface area (Å²) < 4.78 is 55.4. The number of nitrogens with one attached hydrogen (secondary N) is 1. The zero-order valence-corrected chi connectivity index (χ0v) is 20.2. The van der Waals surface area contributed by atoms with Crippen molar-refractivity contribution in [1.29, 1.82) is 0 Å². The highest BCUT2D eigenvalue weighted by Crippen LogP contribution is 2.42. The molecule has 3 aromatic carbocycles. The topological polar surface area (TPSA) is 92.3 Å². The Kier molecular flexibility index (Phi) is 6.42. The predicted octanol–water partition coefficient (Wildman–Crippen LogP) is 4.86. The first-order valence-corrected chi connectivity index (χ1v) is 13.2. The number of carbonyl (C=O) groups excluding carboxylic acids is 1. The van der Waals surface area contributed by atoms with E-state index < -0.39 is 27.6 Å². The first-order valence-electron chi connectivity index (χ1n) is 10.7. The van der Waals surface area contributed by atoms with Gasteiger partial charge >= 0.3 is 0 Å². The fourth-order valence-electron chi connectivity index (χ4n) is 3.75. The number of nitrogens with zero attached hydrogens (tertiary/aromatic N) is 3. The number of hydrogen-bond donors (Lipinski definition) is 1. The molecule has 1 aliphatic rings. The quantitative estimate of drug-likeness (QED) is 0.286. The summed E-state index contributed by atoms with van der Waals surface area (Å²) >= 11 is 1.01. The van der Waals surface area contributed by atoms with Crippen LogP contribution in [0.5, 0.6) is 0 Å². The number of benzene rings is 3. The average Bonchev–Trinajstić information content (AvgIpc) is 2.88. The van der Waals surface area contributed by atoms with Gasteiger partial charge < -0.3 is 5.32 Å². The summed E-state index contributed by atoms with van der Waals surface area (Å²) in [7, 11) is -4.01. The maximum Gasteiger partial charge on any atom is 0.268 e. The number of thioether (sulfide) groups is 1. The van der Waals surface area contributed by atoms with Crippen LogP contribution in [0.4, 0.5) is 20.2 Å². The molecule has 11 heteroatoms. The van der Waals surface area contributed by atoms with E-state index in [1.165, 1.54) is 53.0 Å². The Hall–Kier alpha value is -3.83. The highest BCUT2D eigenvalue weighted by molar-refractivity contribution is 7.99. The second-order valence-corrected chi connectivity index (χ2v) is 10.6. The predicted molar refractivity (Wildman–Crippen MR) is 133 cm³/mol. The zero-order valence-electron chi connectivity index (χ0n) is 18.6. The Labute approximate surface area is 210 Å². The van der Waals surface area contributed by atoms with Crippen molar-refractivity contribution in [2.24, 2.45) is 0 Å². The molecule has 4 aromatic rings. The minimum atomic E-state index is -4.01. The van der Waals surface area contributed by atoms with E-state index in [2.05, 4.69) is 15.3 Å². The lowest BCUT2D eigenvalue weighted by molar-refractivity contribution is -0.113. The third kappa shape index (κ3) is 4.67. The van der Waals surface area contributed by atoms with Crippen LogP contribution < -0.4 is 9.62 Å². The molecule has 1 N–H and O–H groups in total. The molecular formula is C25H18F2N4O3S2. The summed E-state index contributed by atoms with van der Waals surface area (Å²) in [4.78, 5) is 20.8. The van der Waals surface area contributed by atoms with Gasteiger partial charge in [0.1, 0.15) is 16.5 Å². The number of fused-ring (bicyclic) bond motifs is 3. The van der Waals surface area contributed by atoms with Gasteiger partial charge in [-0.2, -0.15) is 0 Å². The Morgan fingerprint density at radius 2 is 1.69 bits per heavy atom. The lowest BCUT2D eigenvalue weighted by Gasteiger charge is -2.31. The third-order valence-corrected chi connectivity index (χ3v) is 8.07. The maximum atomic E-state index is 13.8. The molecule has 0 saturated heterocycles. The van der Waals surface area contributed by atoms with Gasteiger partial charge in [-0.1, -0.05) is 54.2 Å². The molecule has 0 saturated carbocycles. The van der Waals surface area contributed by atoms with Gasteiger partial charge in [0, 0.05) is 5.56 Å². The molecule has 0 bridgehead atoms. The van der Waals surface area contributed by atoms with Crippen molar-refractivity contribution in [1.82, 2.24) is 9.97 Å². The lowest BCUT2D eigenvalue weighted by Crippen LogP contribution is -2.34. The van der Waals surface area contributed by atoms with Crippen LogP contribution in [-0.4, -0.2) is 30.0 Å². The van der Waals surface area contributed by atoms with Gasteiger partial charge in [0.05, 0.1) is 35.6 Å². The number of aromatic nitrogens is 2. The highest BCUT2D eigenvalue weighted by atomic mass is 32.2. The van der Waals surface area contributed by atoms with E-state index in [9.17, 15) is 22.0 Å². The second-order valence-electron chi connectivity index (χ2n) is 7.84. The van der Waals surface area contributed by atoms with Crippen LogP contribution in [0.15, 0.2) is 89.0 Å². The molecule has 0 fully saturated rings. The Morgan fingerprint density at radius 1 is 0.972 bits per heavy atom. The fourth-order valence-corrected chi connectivity index (χ4v) is 5.93. The Morgan fingerprint density at radius 3 is 2.47 bits per heavy atom. The molecule has 2 heterocycles. The number of para-hydroxylation sites is 2. The average molecular weight is 525 g/mol. The number of amides is 1. The number of rotatable bonds is 6. The van der Waals surface area contributed by atoms with Gasteiger partial charge in [0.2, 0.25) is 5.91 Å². The number of anilines is 2. The molecule has 1 aromatic heterocycles. The van der Waals surface area contributed by atoms with Crippen molar-refractivity contribution < 1.29 is 22.0 Å². The van der Waals surface area contributed by atoms with Gasteiger partial charge in [-0.05, 0) is 35.9 Å². The molecule has 0 unspecified atom stereocenters. The molecule has 1 amide bonds. The van der Waals surface area contributed by atoms with Crippen molar-refractivity contribution in [3.05, 3.63) is 96.2 Å². The van der Waals surface area contributed by atoms with Gasteiger partial charge in [-0.3, -0.25) is 9.10 Å². The van der Waals surface area contributed by atoms with Crippen LogP contribution >= 0.6 is 11.8 Å². The van der Waals surface area contributed by atoms with Crippen LogP contribution in [0.1, 0.15) is 5.56 Å². The van der Waals surface area contributed by atoms with Crippen LogP contribution in [0.2, 0.25) is 0 Å². The number of sulfonamides is 1. The highest BCUT2D eigenvalue weighted by Gasteiger charge is 2.36. The van der Waals surface area contributed by atoms with E-state index in [1.54, 1.807) is 30.3 Å². The zero-order chi connectivity index (χ0) is 25.3. The molecule has 0 atom stereocenters. The SMILES string of the molecule is O=C(CSc1ncc2c(n1)-c1ccccc1N(Cc1ccc(F)cc1)S2(=O)=O)Nc1ccccc1F. The summed E-state index contributed by atoms with van der Waals surface area (Å²) in [6.45, 7) is 0.00574. The number of hydrogen-bond acceptors (Lipinski definition) is 6. The van der Waals surface area contributed by atoms with E-state index in [1.807, 2.05) is 0 Å². The molecular weight excluding hydrogens is 506 g/mol. The van der Waals surface area contributed by atoms with Gasteiger partial charge in [-0.15, -0.1) is 0 Å². The molecule has 0 radical (unpaired) electrons. The summed E-state index contributed by atoms with van der Waals surface area (Å²) in [6.07, 6.45) is 1.22. The smallest absolute Gasteiger partial charge is 0.268 e. The number of halogens is 2. The van der Waals surface area contributed by atoms with Crippen LogP contribution in [-0.2, 0) is 21.4 Å². The van der Waals surface area contributed by atoms with E-state index in [0.717, 1.165) is 11.8 Å². The maximum absolute atomic E-state index is 13.8. The van der Waals surface area contributed by atoms with Crippen molar-refractivity contribution in [3.8, 4) is 11.3 Å². The van der Waals surface area contributed by atoms with Gasteiger partial charge in [0.15, 0.2) is 5.16 Å². The van der Waals surface area contributed by atoms with Crippen LogP contribution in [0, 0.1) is 11.6 Å². The van der Waals surface area contributed by atoms with Crippen molar-refractivity contribution >= 4 is 39.1 Å². The van der Waals surface area contributed by atoms with Gasteiger partial charge in [0.25, 0.3) is 10.0 Å². The monoisotopic (exact) mass is 524 g/mol. The van der Waals surface area contributed by atoms with E-state index >= 15 is 0 Å². The van der Waals surface area contributed by atoms with E-state index in [0.29, 0.717) is 16.8 Å². The largest absolute Gasteiger partial charge is 0.323 e. The van der Waals surface area contributed by atoms with Crippen molar-refractivity contribution in [2.45, 2.75) is 16.6 Å². The number of carbonyl (C=O) groups is 1. The summed E-state index contributed by atoms with van der Waals surface area (Å²) in [6, 6.07) is 18.4. The molecule has 7 nitrogen and oxygen atoms in total. The first kappa shape index (κ1) is 23.9. The molecule has 182 valence electrons. The Bertz CT molecular complexity index is 1560. The first-order chi connectivity index (χ1) is 17.3. The normalized spacial score (nSPS) is 13.6. The minimum Gasteiger partial charge on any atom is -0.323 e. The van der Waals surface area contributed by atoms with E-state index in [-0.39, 0.29) is 33.7 Å². The molecule has 0 aliphatic carbocycles. The summed E-state index contributed by atoms with van der Waals surface area (Å²) in [5.74, 6) is -1.51. The molecule has 36 heavy (non-hydrogen) atoms. The van der Waals surface area contributed by atoms with Crippen molar-refractivity contribution in [3.63, 3.8) is 0 Å². The van der Waals surface area contributed by atoms with Crippen LogP contribution in [0.25, 0.3) is 11.3 Å². The van der Waals surface area contributed by atoms with Crippen molar-refractivity contribution in [2.75, 3.05) is 15.4 Å².